The van der Waals surface area contributed by atoms with Crippen molar-refractivity contribution in [2.45, 2.75) is 18.0 Å². The Balaban J connectivity index is 2.11. The molecule has 0 saturated carbocycles. The van der Waals surface area contributed by atoms with E-state index in [2.05, 4.69) is 4.72 Å². The van der Waals surface area contributed by atoms with Gasteiger partial charge in [-0.15, -0.1) is 11.3 Å². The summed E-state index contributed by atoms with van der Waals surface area (Å²) in [5, 5.41) is 9.43. The van der Waals surface area contributed by atoms with Crippen LogP contribution in [0.5, 0.6) is 0 Å². The Labute approximate surface area is 168 Å². The predicted octanol–water partition coefficient (Wildman–Crippen LogP) is 5.24. The number of benzene rings is 2. The lowest BCUT2D eigenvalue weighted by atomic mass is 10.1. The zero-order valence-electron chi connectivity index (χ0n) is 14.8. The van der Waals surface area contributed by atoms with Gasteiger partial charge < -0.3 is 5.11 Å². The number of alkyl halides is 3. The van der Waals surface area contributed by atoms with E-state index in [1.807, 2.05) is 0 Å². The molecule has 10 heteroatoms. The van der Waals surface area contributed by atoms with Crippen molar-refractivity contribution < 1.29 is 31.5 Å². The van der Waals surface area contributed by atoms with E-state index in [-0.39, 0.29) is 21.0 Å². The monoisotopic (exact) mass is 441 g/mol. The first-order valence-corrected chi connectivity index (χ1v) is 10.4. The van der Waals surface area contributed by atoms with Gasteiger partial charge in [0, 0.05) is 10.4 Å². The lowest BCUT2D eigenvalue weighted by Crippen LogP contribution is -2.15. The van der Waals surface area contributed by atoms with Gasteiger partial charge in [-0.25, -0.2) is 13.2 Å². The van der Waals surface area contributed by atoms with Gasteiger partial charge in [0.15, 0.2) is 0 Å². The van der Waals surface area contributed by atoms with Crippen molar-refractivity contribution in [1.82, 2.24) is 0 Å². The summed E-state index contributed by atoms with van der Waals surface area (Å²) in [7, 11) is -4.14. The van der Waals surface area contributed by atoms with Crippen LogP contribution in [0.25, 0.3) is 10.4 Å². The summed E-state index contributed by atoms with van der Waals surface area (Å²) >= 11 is 0.565. The van der Waals surface area contributed by atoms with E-state index in [9.17, 15) is 31.5 Å². The molecular weight excluding hydrogens is 427 g/mol. The number of aromatic carboxylic acids is 1. The number of anilines is 1. The third kappa shape index (κ3) is 4.28. The van der Waals surface area contributed by atoms with Crippen LogP contribution in [0, 0.1) is 6.92 Å². The summed E-state index contributed by atoms with van der Waals surface area (Å²) in [5.41, 5.74) is -1.02. The zero-order valence-corrected chi connectivity index (χ0v) is 16.5. The first kappa shape index (κ1) is 20.9. The van der Waals surface area contributed by atoms with E-state index in [0.717, 1.165) is 12.1 Å². The van der Waals surface area contributed by atoms with Crippen molar-refractivity contribution in [1.29, 1.82) is 0 Å². The normalized spacial score (nSPS) is 12.0. The zero-order chi connectivity index (χ0) is 21.4. The van der Waals surface area contributed by atoms with E-state index in [4.69, 9.17) is 0 Å². The van der Waals surface area contributed by atoms with Crippen LogP contribution in [0.3, 0.4) is 0 Å². The maximum Gasteiger partial charge on any atom is 0.417 e. The number of hydrogen-bond donors (Lipinski definition) is 2. The fraction of sp³-hybridized carbons (Fsp3) is 0.105. The molecular formula is C19H14F3NO4S2. The second-order valence-electron chi connectivity index (χ2n) is 6.07. The molecule has 0 unspecified atom stereocenters. The van der Waals surface area contributed by atoms with Crippen molar-refractivity contribution in [3.05, 3.63) is 70.6 Å². The fourth-order valence-electron chi connectivity index (χ4n) is 2.76. The van der Waals surface area contributed by atoms with Crippen molar-refractivity contribution in [2.75, 3.05) is 4.72 Å². The number of carbonyl (C=O) groups is 1. The molecule has 2 N–H and O–H groups in total. The highest BCUT2D eigenvalue weighted by Gasteiger charge is 2.34. The maximum absolute atomic E-state index is 13.3. The van der Waals surface area contributed by atoms with Gasteiger partial charge >= 0.3 is 12.1 Å². The molecule has 0 fully saturated rings. The van der Waals surface area contributed by atoms with Crippen LogP contribution in [-0.4, -0.2) is 19.5 Å². The third-order valence-electron chi connectivity index (χ3n) is 4.05. The number of rotatable bonds is 5. The summed E-state index contributed by atoms with van der Waals surface area (Å²) in [6, 6.07) is 11.9. The minimum Gasteiger partial charge on any atom is -0.477 e. The molecule has 3 rings (SSSR count). The molecule has 0 aliphatic rings. The molecule has 1 aromatic heterocycles. The summed E-state index contributed by atoms with van der Waals surface area (Å²) in [5.74, 6) is -1.45. The number of nitrogens with one attached hydrogen (secondary N) is 1. The molecule has 152 valence electrons. The quantitative estimate of drug-likeness (QED) is 0.567. The van der Waals surface area contributed by atoms with Crippen LogP contribution in [0.1, 0.15) is 20.8 Å². The fourth-order valence-corrected chi connectivity index (χ4v) is 5.13. The Morgan fingerprint density at radius 3 is 2.31 bits per heavy atom. The highest BCUT2D eigenvalue weighted by molar-refractivity contribution is 7.92. The maximum atomic E-state index is 13.3. The first-order valence-electron chi connectivity index (χ1n) is 8.13. The molecule has 0 bridgehead atoms. The topological polar surface area (TPSA) is 83.5 Å². The Hall–Kier alpha value is -2.85. The average Bonchev–Trinajstić information content (AvgIpc) is 3.04. The molecule has 1 heterocycles. The lowest BCUT2D eigenvalue weighted by molar-refractivity contribution is -0.137. The van der Waals surface area contributed by atoms with Gasteiger partial charge in [-0.05, 0) is 30.7 Å². The second kappa shape index (κ2) is 7.53. The van der Waals surface area contributed by atoms with Gasteiger partial charge in [0.25, 0.3) is 10.0 Å². The summed E-state index contributed by atoms with van der Waals surface area (Å²) < 4.78 is 67.5. The Morgan fingerprint density at radius 1 is 1.07 bits per heavy atom. The van der Waals surface area contributed by atoms with Gasteiger partial charge in [0.1, 0.15) is 4.88 Å². The molecule has 0 radical (unpaired) electrons. The molecule has 0 atom stereocenters. The molecule has 0 amide bonds. The lowest BCUT2D eigenvalue weighted by Gasteiger charge is -2.11. The second-order valence-corrected chi connectivity index (χ2v) is 8.78. The molecule has 0 spiro atoms. The van der Waals surface area contributed by atoms with Gasteiger partial charge in [-0.1, -0.05) is 36.4 Å². The van der Waals surface area contributed by atoms with Crippen LogP contribution in [0.15, 0.2) is 59.5 Å². The van der Waals surface area contributed by atoms with Crippen LogP contribution < -0.4 is 4.72 Å². The van der Waals surface area contributed by atoms with Crippen LogP contribution in [-0.2, 0) is 16.2 Å². The molecule has 0 aliphatic carbocycles. The standard InChI is InChI=1S/C19H14F3NO4S2/c1-11-6-2-5-9-16(11)29(26,27)23-14-10-15(28-17(14)18(24)25)12-7-3-4-8-13(12)19(20,21)22/h2-10,23H,1H3,(H,24,25). The Kier molecular flexibility index (Phi) is 5.42. The highest BCUT2D eigenvalue weighted by Crippen LogP contribution is 2.42. The van der Waals surface area contributed by atoms with E-state index < -0.39 is 32.6 Å². The molecule has 0 saturated heterocycles. The number of sulfonamides is 1. The summed E-state index contributed by atoms with van der Waals surface area (Å²) in [6.45, 7) is 1.57. The van der Waals surface area contributed by atoms with E-state index >= 15 is 0 Å². The first-order chi connectivity index (χ1) is 13.5. The Morgan fingerprint density at radius 2 is 1.69 bits per heavy atom. The van der Waals surface area contributed by atoms with Gasteiger partial charge in [0.05, 0.1) is 16.1 Å². The molecule has 2 aromatic carbocycles. The molecule has 0 aliphatic heterocycles. The van der Waals surface area contributed by atoms with Crippen molar-refractivity contribution in [2.24, 2.45) is 0 Å². The van der Waals surface area contributed by atoms with E-state index in [0.29, 0.717) is 16.9 Å². The minimum absolute atomic E-state index is 0.0159. The number of carboxylic acid groups (broad SMARTS) is 1. The largest absolute Gasteiger partial charge is 0.477 e. The van der Waals surface area contributed by atoms with Gasteiger partial charge in [-0.2, -0.15) is 13.2 Å². The number of carboxylic acids is 1. The van der Waals surface area contributed by atoms with Crippen LogP contribution >= 0.6 is 11.3 Å². The minimum atomic E-state index is -4.65. The van der Waals surface area contributed by atoms with Crippen molar-refractivity contribution in [3.63, 3.8) is 0 Å². The molecule has 29 heavy (non-hydrogen) atoms. The number of thiophene rings is 1. The van der Waals surface area contributed by atoms with Crippen molar-refractivity contribution >= 4 is 33.0 Å². The number of halogens is 3. The molecule has 5 nitrogen and oxygen atoms in total. The molecule has 3 aromatic rings. The van der Waals surface area contributed by atoms with Gasteiger partial charge in [-0.3, -0.25) is 4.72 Å². The highest BCUT2D eigenvalue weighted by atomic mass is 32.2. The smallest absolute Gasteiger partial charge is 0.417 e. The number of aryl methyl sites for hydroxylation is 1. The Bertz CT molecular complexity index is 1180. The summed E-state index contributed by atoms with van der Waals surface area (Å²) in [4.78, 5) is 11.1. The van der Waals surface area contributed by atoms with E-state index in [1.54, 1.807) is 19.1 Å². The average molecular weight is 441 g/mol. The third-order valence-corrected chi connectivity index (χ3v) is 6.73. The van der Waals surface area contributed by atoms with E-state index in [1.165, 1.54) is 30.3 Å². The van der Waals surface area contributed by atoms with Crippen molar-refractivity contribution in [3.8, 4) is 10.4 Å². The SMILES string of the molecule is Cc1ccccc1S(=O)(=O)Nc1cc(-c2ccccc2C(F)(F)F)sc1C(=O)O. The van der Waals surface area contributed by atoms with Crippen LogP contribution in [0.4, 0.5) is 18.9 Å². The van der Waals surface area contributed by atoms with Crippen LogP contribution in [0.2, 0.25) is 0 Å². The number of hydrogen-bond acceptors (Lipinski definition) is 4. The van der Waals surface area contributed by atoms with Gasteiger partial charge in [0.2, 0.25) is 0 Å². The predicted molar refractivity (Wildman–Crippen MR) is 104 cm³/mol. The summed E-state index contributed by atoms with van der Waals surface area (Å²) in [6.07, 6.45) is -4.65.